The van der Waals surface area contributed by atoms with E-state index in [1.807, 2.05) is 6.92 Å². The predicted octanol–water partition coefficient (Wildman–Crippen LogP) is 4.41. The first-order chi connectivity index (χ1) is 8.90. The molecule has 7 heteroatoms. The van der Waals surface area contributed by atoms with Gasteiger partial charge in [-0.15, -0.1) is 11.3 Å². The molecular weight excluding hydrogens is 370 g/mol. The summed E-state index contributed by atoms with van der Waals surface area (Å²) < 4.78 is 28.3. The lowest BCUT2D eigenvalue weighted by atomic mass is 9.85. The van der Waals surface area contributed by atoms with Crippen LogP contribution in [0.2, 0.25) is 5.02 Å². The minimum absolute atomic E-state index is 0.0232. The highest BCUT2D eigenvalue weighted by Crippen LogP contribution is 2.35. The summed E-state index contributed by atoms with van der Waals surface area (Å²) in [5.74, 6) is 0.447. The van der Waals surface area contributed by atoms with Crippen molar-refractivity contribution in [3.05, 3.63) is 14.9 Å². The maximum atomic E-state index is 12.3. The van der Waals surface area contributed by atoms with Gasteiger partial charge in [0.15, 0.2) is 0 Å². The van der Waals surface area contributed by atoms with E-state index in [0.29, 0.717) is 14.7 Å². The summed E-state index contributed by atoms with van der Waals surface area (Å²) in [7, 11) is -3.46. The zero-order chi connectivity index (χ0) is 14.0. The third kappa shape index (κ3) is 3.94. The monoisotopic (exact) mass is 385 g/mol. The molecule has 0 spiro atoms. The fourth-order valence-corrected chi connectivity index (χ4v) is 6.22. The first-order valence-electron chi connectivity index (χ1n) is 6.37. The first-order valence-corrected chi connectivity index (χ1v) is 9.84. The highest BCUT2D eigenvalue weighted by atomic mass is 79.9. The highest BCUT2D eigenvalue weighted by molar-refractivity contribution is 9.11. The van der Waals surface area contributed by atoms with Gasteiger partial charge >= 0.3 is 0 Å². The van der Waals surface area contributed by atoms with Crippen molar-refractivity contribution in [2.75, 3.05) is 0 Å². The molecule has 0 amide bonds. The van der Waals surface area contributed by atoms with E-state index in [-0.39, 0.29) is 10.3 Å². The summed E-state index contributed by atoms with van der Waals surface area (Å²) in [6.45, 7) is 1.96. The fourth-order valence-electron chi connectivity index (χ4n) is 2.49. The van der Waals surface area contributed by atoms with Crippen LogP contribution in [0.5, 0.6) is 0 Å². The molecule has 1 heterocycles. The SMILES string of the molecule is CC(NS(=O)(=O)c1cc(Cl)c(Br)s1)C1CCCCC1. The molecule has 0 aromatic carbocycles. The van der Waals surface area contributed by atoms with E-state index in [1.165, 1.54) is 25.3 Å². The molecule has 19 heavy (non-hydrogen) atoms. The van der Waals surface area contributed by atoms with Crippen LogP contribution in [0.3, 0.4) is 0 Å². The molecule has 1 fully saturated rings. The molecule has 1 aromatic heterocycles. The lowest BCUT2D eigenvalue weighted by molar-refractivity contribution is 0.303. The van der Waals surface area contributed by atoms with Gasteiger partial charge in [-0.25, -0.2) is 13.1 Å². The molecule has 1 aromatic rings. The molecular formula is C12H17BrClNO2S2. The molecule has 0 saturated heterocycles. The molecule has 1 unspecified atom stereocenters. The lowest BCUT2D eigenvalue weighted by Crippen LogP contribution is -2.38. The van der Waals surface area contributed by atoms with Gasteiger partial charge in [-0.1, -0.05) is 30.9 Å². The van der Waals surface area contributed by atoms with Crippen molar-refractivity contribution in [1.29, 1.82) is 0 Å². The third-order valence-electron chi connectivity index (χ3n) is 3.59. The average Bonchev–Trinajstić information content (AvgIpc) is 2.71. The first kappa shape index (κ1) is 15.8. The van der Waals surface area contributed by atoms with Gasteiger partial charge < -0.3 is 0 Å². The Kier molecular flexibility index (Phi) is 5.34. The summed E-state index contributed by atoms with van der Waals surface area (Å²) in [5.41, 5.74) is 0. The zero-order valence-corrected chi connectivity index (χ0v) is 14.6. The second kappa shape index (κ2) is 6.43. The normalized spacial score (nSPS) is 19.5. The Balaban J connectivity index is 2.08. The number of rotatable bonds is 4. The van der Waals surface area contributed by atoms with E-state index in [0.717, 1.165) is 24.2 Å². The molecule has 1 N–H and O–H groups in total. The molecule has 1 atom stereocenters. The molecule has 108 valence electrons. The van der Waals surface area contributed by atoms with Gasteiger partial charge in [0.1, 0.15) is 4.21 Å². The summed E-state index contributed by atoms with van der Waals surface area (Å²) in [6.07, 6.45) is 5.89. The second-order valence-corrected chi connectivity index (χ2v) is 9.71. The molecule has 1 saturated carbocycles. The Morgan fingerprint density at radius 3 is 2.58 bits per heavy atom. The number of hydrogen-bond acceptors (Lipinski definition) is 3. The maximum Gasteiger partial charge on any atom is 0.250 e. The van der Waals surface area contributed by atoms with Crippen LogP contribution < -0.4 is 4.72 Å². The van der Waals surface area contributed by atoms with Crippen LogP contribution in [0.25, 0.3) is 0 Å². The largest absolute Gasteiger partial charge is 0.250 e. The van der Waals surface area contributed by atoms with Gasteiger partial charge in [-0.2, -0.15) is 0 Å². The summed E-state index contributed by atoms with van der Waals surface area (Å²) in [4.78, 5) is 0. The highest BCUT2D eigenvalue weighted by Gasteiger charge is 2.26. The van der Waals surface area contributed by atoms with E-state index < -0.39 is 10.0 Å². The van der Waals surface area contributed by atoms with Gasteiger partial charge in [0.2, 0.25) is 10.0 Å². The van der Waals surface area contributed by atoms with Crippen molar-refractivity contribution in [1.82, 2.24) is 4.72 Å². The molecule has 3 nitrogen and oxygen atoms in total. The second-order valence-electron chi connectivity index (χ2n) is 5.00. The van der Waals surface area contributed by atoms with Crippen LogP contribution in [0.15, 0.2) is 14.1 Å². The number of sulfonamides is 1. The molecule has 1 aliphatic carbocycles. The minimum atomic E-state index is -3.46. The maximum absolute atomic E-state index is 12.3. The smallest absolute Gasteiger partial charge is 0.207 e. The zero-order valence-electron chi connectivity index (χ0n) is 10.7. The summed E-state index contributed by atoms with van der Waals surface area (Å²) in [5, 5.41) is 0.440. The van der Waals surface area contributed by atoms with Crippen molar-refractivity contribution < 1.29 is 8.42 Å². The average molecular weight is 387 g/mol. The quantitative estimate of drug-likeness (QED) is 0.833. The fraction of sp³-hybridized carbons (Fsp3) is 0.667. The van der Waals surface area contributed by atoms with Crippen LogP contribution in [0, 0.1) is 5.92 Å². The molecule has 0 bridgehead atoms. The van der Waals surface area contributed by atoms with E-state index in [2.05, 4.69) is 20.7 Å². The number of nitrogens with one attached hydrogen (secondary N) is 1. The van der Waals surface area contributed by atoms with Crippen LogP contribution >= 0.6 is 38.9 Å². The van der Waals surface area contributed by atoms with Gasteiger partial charge in [0.25, 0.3) is 0 Å². The number of hydrogen-bond donors (Lipinski definition) is 1. The topological polar surface area (TPSA) is 46.2 Å². The van der Waals surface area contributed by atoms with E-state index in [1.54, 1.807) is 0 Å². The molecule has 0 radical (unpaired) electrons. The molecule has 2 rings (SSSR count). The molecule has 1 aliphatic rings. The van der Waals surface area contributed by atoms with Crippen molar-refractivity contribution in [3.63, 3.8) is 0 Å². The van der Waals surface area contributed by atoms with Crippen LogP contribution in [-0.2, 0) is 10.0 Å². The standard InChI is InChI=1S/C12H17BrClNO2S2/c1-8(9-5-3-2-4-6-9)15-19(16,17)11-7-10(14)12(13)18-11/h7-9,15H,2-6H2,1H3. The lowest BCUT2D eigenvalue weighted by Gasteiger charge is -2.27. The number of thiophene rings is 1. The van der Waals surface area contributed by atoms with E-state index >= 15 is 0 Å². The summed E-state index contributed by atoms with van der Waals surface area (Å²) >= 11 is 10.3. The van der Waals surface area contributed by atoms with E-state index in [4.69, 9.17) is 11.6 Å². The Morgan fingerprint density at radius 1 is 1.42 bits per heavy atom. The van der Waals surface area contributed by atoms with Crippen LogP contribution in [0.4, 0.5) is 0 Å². The predicted molar refractivity (Wildman–Crippen MR) is 83.4 cm³/mol. The van der Waals surface area contributed by atoms with Crippen LogP contribution in [0.1, 0.15) is 39.0 Å². The van der Waals surface area contributed by atoms with Gasteiger partial charge in [0, 0.05) is 6.04 Å². The third-order valence-corrected chi connectivity index (χ3v) is 8.09. The number of halogens is 2. The Hall–Kier alpha value is 0.380. The Bertz CT molecular complexity index is 518. The van der Waals surface area contributed by atoms with Crippen molar-refractivity contribution in [3.8, 4) is 0 Å². The van der Waals surface area contributed by atoms with Crippen LogP contribution in [-0.4, -0.2) is 14.5 Å². The van der Waals surface area contributed by atoms with Gasteiger partial charge in [-0.05, 0) is 47.7 Å². The van der Waals surface area contributed by atoms with Crippen molar-refractivity contribution in [2.45, 2.75) is 49.3 Å². The van der Waals surface area contributed by atoms with E-state index in [9.17, 15) is 8.42 Å². The Morgan fingerprint density at radius 2 is 2.05 bits per heavy atom. The van der Waals surface area contributed by atoms with Gasteiger partial charge in [0.05, 0.1) is 8.81 Å². The Labute approximate surface area is 131 Å². The van der Waals surface area contributed by atoms with Crippen molar-refractivity contribution in [2.24, 2.45) is 5.92 Å². The molecule has 0 aliphatic heterocycles. The summed E-state index contributed by atoms with van der Waals surface area (Å²) in [6, 6.07) is 1.47. The minimum Gasteiger partial charge on any atom is -0.207 e. The van der Waals surface area contributed by atoms with Crippen molar-refractivity contribution >= 4 is 48.9 Å². The van der Waals surface area contributed by atoms with Gasteiger partial charge in [-0.3, -0.25) is 0 Å².